The lowest BCUT2D eigenvalue weighted by Gasteiger charge is -2.25. The minimum absolute atomic E-state index is 0.458. The maximum absolute atomic E-state index is 2.55. The Labute approximate surface area is 56.4 Å². The number of hydrogen-bond donors (Lipinski definition) is 0. The number of nitrogens with zero attached hydrogens (tertiary/aromatic N) is 1. The van der Waals surface area contributed by atoms with E-state index in [0.29, 0.717) is 5.54 Å². The van der Waals surface area contributed by atoms with Crippen molar-refractivity contribution in [3.8, 4) is 0 Å². The highest BCUT2D eigenvalue weighted by molar-refractivity contribution is 5.15. The van der Waals surface area contributed by atoms with Crippen LogP contribution in [0.25, 0.3) is 0 Å². The maximum atomic E-state index is 2.55. The first-order valence-corrected chi connectivity index (χ1v) is 3.74. The minimum atomic E-state index is 0.458. The molecule has 50 valence electrons. The monoisotopic (exact) mass is 123 g/mol. The summed E-state index contributed by atoms with van der Waals surface area (Å²) in [7, 11) is 0. The maximum Gasteiger partial charge on any atom is 0.0367 e. The van der Waals surface area contributed by atoms with Gasteiger partial charge in [0.05, 0.1) is 0 Å². The number of fused-ring (bicyclic) bond motifs is 1. The van der Waals surface area contributed by atoms with Gasteiger partial charge in [0.25, 0.3) is 0 Å². The molecular weight excluding hydrogens is 110 g/mol. The standard InChI is InChI=1S/C8H13N/c1-8-4-2-6-9(8)7-3-5-8/h2,4H,3,5-7H2,1H3. The molecule has 0 aliphatic carbocycles. The SMILES string of the molecule is CC12C=CCN1CCC2. The summed E-state index contributed by atoms with van der Waals surface area (Å²) in [4.78, 5) is 2.55. The molecule has 0 radical (unpaired) electrons. The van der Waals surface area contributed by atoms with Gasteiger partial charge in [-0.25, -0.2) is 0 Å². The fourth-order valence-corrected chi connectivity index (χ4v) is 1.96. The lowest BCUT2D eigenvalue weighted by molar-refractivity contribution is 0.246. The third-order valence-corrected chi connectivity index (χ3v) is 2.64. The molecule has 0 bridgehead atoms. The van der Waals surface area contributed by atoms with E-state index >= 15 is 0 Å². The molecule has 1 atom stereocenters. The molecule has 2 heterocycles. The summed E-state index contributed by atoms with van der Waals surface area (Å²) >= 11 is 0. The molecule has 0 aromatic carbocycles. The quantitative estimate of drug-likeness (QED) is 0.440. The summed E-state index contributed by atoms with van der Waals surface area (Å²) < 4.78 is 0. The van der Waals surface area contributed by atoms with Crippen molar-refractivity contribution in [1.82, 2.24) is 4.90 Å². The smallest absolute Gasteiger partial charge is 0.0367 e. The van der Waals surface area contributed by atoms with E-state index in [-0.39, 0.29) is 0 Å². The van der Waals surface area contributed by atoms with Crippen LogP contribution in [0.3, 0.4) is 0 Å². The van der Waals surface area contributed by atoms with E-state index in [0.717, 1.165) is 0 Å². The van der Waals surface area contributed by atoms with E-state index < -0.39 is 0 Å². The van der Waals surface area contributed by atoms with Gasteiger partial charge in [-0.2, -0.15) is 0 Å². The van der Waals surface area contributed by atoms with Gasteiger partial charge in [0.15, 0.2) is 0 Å². The number of hydrogen-bond acceptors (Lipinski definition) is 1. The van der Waals surface area contributed by atoms with Crippen LogP contribution in [0, 0.1) is 0 Å². The van der Waals surface area contributed by atoms with E-state index in [9.17, 15) is 0 Å². The lowest BCUT2D eigenvalue weighted by atomic mass is 10.0. The first-order chi connectivity index (χ1) is 4.31. The van der Waals surface area contributed by atoms with Crippen LogP contribution in [0.2, 0.25) is 0 Å². The Morgan fingerprint density at radius 2 is 2.44 bits per heavy atom. The van der Waals surface area contributed by atoms with Crippen LogP contribution >= 0.6 is 0 Å². The molecule has 1 saturated heterocycles. The van der Waals surface area contributed by atoms with E-state index in [4.69, 9.17) is 0 Å². The summed E-state index contributed by atoms with van der Waals surface area (Å²) in [6.45, 7) is 4.84. The Morgan fingerprint density at radius 1 is 1.56 bits per heavy atom. The summed E-state index contributed by atoms with van der Waals surface area (Å²) in [5.41, 5.74) is 0.458. The molecule has 1 heteroatoms. The van der Waals surface area contributed by atoms with Gasteiger partial charge in [0, 0.05) is 12.1 Å². The van der Waals surface area contributed by atoms with Gasteiger partial charge in [-0.05, 0) is 26.3 Å². The van der Waals surface area contributed by atoms with Crippen LogP contribution in [0.4, 0.5) is 0 Å². The van der Waals surface area contributed by atoms with Crippen LogP contribution < -0.4 is 0 Å². The summed E-state index contributed by atoms with van der Waals surface area (Å²) in [5.74, 6) is 0. The second-order valence-electron chi connectivity index (χ2n) is 3.31. The van der Waals surface area contributed by atoms with Crippen molar-refractivity contribution in [2.75, 3.05) is 13.1 Å². The Morgan fingerprint density at radius 3 is 3.22 bits per heavy atom. The van der Waals surface area contributed by atoms with E-state index in [1.54, 1.807) is 0 Å². The Hall–Kier alpha value is -0.300. The van der Waals surface area contributed by atoms with E-state index in [1.165, 1.54) is 25.9 Å². The largest absolute Gasteiger partial charge is 0.291 e. The van der Waals surface area contributed by atoms with Crippen LogP contribution in [-0.2, 0) is 0 Å². The fraction of sp³-hybridized carbons (Fsp3) is 0.750. The second kappa shape index (κ2) is 1.60. The van der Waals surface area contributed by atoms with Crippen molar-refractivity contribution in [2.24, 2.45) is 0 Å². The van der Waals surface area contributed by atoms with Gasteiger partial charge >= 0.3 is 0 Å². The van der Waals surface area contributed by atoms with Crippen LogP contribution in [0.15, 0.2) is 12.2 Å². The van der Waals surface area contributed by atoms with Crippen molar-refractivity contribution in [3.05, 3.63) is 12.2 Å². The van der Waals surface area contributed by atoms with Gasteiger partial charge < -0.3 is 0 Å². The predicted octanol–water partition coefficient (Wildman–Crippen LogP) is 1.41. The summed E-state index contributed by atoms with van der Waals surface area (Å²) in [6, 6.07) is 0. The highest BCUT2D eigenvalue weighted by atomic mass is 15.2. The topological polar surface area (TPSA) is 3.24 Å². The predicted molar refractivity (Wildman–Crippen MR) is 38.4 cm³/mol. The molecule has 2 aliphatic heterocycles. The molecule has 2 rings (SSSR count). The fourth-order valence-electron chi connectivity index (χ4n) is 1.96. The molecule has 0 aromatic heterocycles. The first kappa shape index (κ1) is 5.48. The van der Waals surface area contributed by atoms with Gasteiger partial charge in [-0.1, -0.05) is 12.2 Å². The Kier molecular flexibility index (Phi) is 0.974. The Balaban J connectivity index is 2.26. The van der Waals surface area contributed by atoms with Gasteiger partial charge in [0.1, 0.15) is 0 Å². The molecule has 0 spiro atoms. The molecule has 9 heavy (non-hydrogen) atoms. The van der Waals surface area contributed by atoms with Crippen molar-refractivity contribution in [1.29, 1.82) is 0 Å². The first-order valence-electron chi connectivity index (χ1n) is 3.74. The molecule has 2 aliphatic rings. The van der Waals surface area contributed by atoms with E-state index in [2.05, 4.69) is 24.0 Å². The van der Waals surface area contributed by atoms with Crippen molar-refractivity contribution >= 4 is 0 Å². The van der Waals surface area contributed by atoms with Gasteiger partial charge in [-0.15, -0.1) is 0 Å². The molecular formula is C8H13N. The average Bonchev–Trinajstić information content (AvgIpc) is 2.22. The molecule has 0 saturated carbocycles. The zero-order valence-corrected chi connectivity index (χ0v) is 5.93. The molecule has 0 aromatic rings. The highest BCUT2D eigenvalue weighted by Crippen LogP contribution is 2.33. The number of rotatable bonds is 0. The third-order valence-electron chi connectivity index (χ3n) is 2.64. The van der Waals surface area contributed by atoms with Gasteiger partial charge in [0.2, 0.25) is 0 Å². The van der Waals surface area contributed by atoms with Crippen LogP contribution in [0.5, 0.6) is 0 Å². The molecule has 0 N–H and O–H groups in total. The van der Waals surface area contributed by atoms with Crippen molar-refractivity contribution in [2.45, 2.75) is 25.3 Å². The zero-order valence-electron chi connectivity index (χ0n) is 5.93. The molecule has 1 unspecified atom stereocenters. The van der Waals surface area contributed by atoms with Crippen LogP contribution in [0.1, 0.15) is 19.8 Å². The molecule has 0 amide bonds. The lowest BCUT2D eigenvalue weighted by Crippen LogP contribution is -2.34. The molecule has 1 fully saturated rings. The van der Waals surface area contributed by atoms with Gasteiger partial charge in [-0.3, -0.25) is 4.90 Å². The average molecular weight is 123 g/mol. The van der Waals surface area contributed by atoms with Crippen LogP contribution in [-0.4, -0.2) is 23.5 Å². The van der Waals surface area contributed by atoms with Crippen molar-refractivity contribution < 1.29 is 0 Å². The zero-order chi connectivity index (χ0) is 6.32. The third kappa shape index (κ3) is 0.645. The van der Waals surface area contributed by atoms with E-state index in [1.807, 2.05) is 0 Å². The minimum Gasteiger partial charge on any atom is -0.291 e. The van der Waals surface area contributed by atoms with Crippen molar-refractivity contribution in [3.63, 3.8) is 0 Å². The second-order valence-corrected chi connectivity index (χ2v) is 3.31. The highest BCUT2D eigenvalue weighted by Gasteiger charge is 2.35. The normalized spacial score (nSPS) is 41.9. The summed E-state index contributed by atoms with van der Waals surface area (Å²) in [5, 5.41) is 0. The summed E-state index contributed by atoms with van der Waals surface area (Å²) in [6.07, 6.45) is 7.41. The molecule has 1 nitrogen and oxygen atoms in total. The Bertz CT molecular complexity index is 151.